The highest BCUT2D eigenvalue weighted by Gasteiger charge is 2.28. The predicted octanol–water partition coefficient (Wildman–Crippen LogP) is 2.11. The quantitative estimate of drug-likeness (QED) is 0.725. The van der Waals surface area contributed by atoms with Crippen LogP contribution in [0.1, 0.15) is 39.0 Å². The molecule has 13 heavy (non-hydrogen) atoms. The van der Waals surface area contributed by atoms with Gasteiger partial charge in [-0.15, -0.1) is 0 Å². The Hall–Kier alpha value is -0.860. The lowest BCUT2D eigenvalue weighted by Crippen LogP contribution is -2.25. The molecule has 74 valence electrons. The van der Waals surface area contributed by atoms with Crippen molar-refractivity contribution in [1.29, 1.82) is 0 Å². The minimum atomic E-state index is -0.685. The summed E-state index contributed by atoms with van der Waals surface area (Å²) in [6.07, 6.45) is 6.11. The molecule has 1 aliphatic heterocycles. The van der Waals surface area contributed by atoms with Crippen LogP contribution in [0.3, 0.4) is 0 Å². The summed E-state index contributed by atoms with van der Waals surface area (Å²) >= 11 is 0. The first kappa shape index (κ1) is 10.2. The van der Waals surface area contributed by atoms with Gasteiger partial charge in [0, 0.05) is 13.0 Å². The molecule has 0 aromatic rings. The van der Waals surface area contributed by atoms with Crippen molar-refractivity contribution in [3.8, 4) is 0 Å². The Bertz CT molecular complexity index is 213. The third-order valence-corrected chi connectivity index (χ3v) is 3.04. The summed E-state index contributed by atoms with van der Waals surface area (Å²) in [5.41, 5.74) is 0.222. The van der Waals surface area contributed by atoms with Crippen LogP contribution in [-0.2, 0) is 4.79 Å². The summed E-state index contributed by atoms with van der Waals surface area (Å²) in [6, 6.07) is 0. The zero-order valence-corrected chi connectivity index (χ0v) is 8.12. The second-order valence-electron chi connectivity index (χ2n) is 3.79. The van der Waals surface area contributed by atoms with Crippen LogP contribution in [-0.4, -0.2) is 23.8 Å². The fourth-order valence-electron chi connectivity index (χ4n) is 1.85. The molecule has 0 aromatic heterocycles. The summed E-state index contributed by atoms with van der Waals surface area (Å²) in [4.78, 5) is 14.6. The first-order chi connectivity index (χ1) is 6.18. The van der Waals surface area contributed by atoms with Crippen molar-refractivity contribution in [1.82, 2.24) is 0 Å². The van der Waals surface area contributed by atoms with E-state index in [0.29, 0.717) is 6.42 Å². The van der Waals surface area contributed by atoms with Gasteiger partial charge in [-0.1, -0.05) is 13.3 Å². The lowest BCUT2D eigenvalue weighted by atomic mass is 9.74. The second kappa shape index (κ2) is 4.40. The van der Waals surface area contributed by atoms with Crippen LogP contribution >= 0.6 is 0 Å². The minimum Gasteiger partial charge on any atom is -0.481 e. The molecule has 1 atom stereocenters. The van der Waals surface area contributed by atoms with E-state index in [1.165, 1.54) is 0 Å². The van der Waals surface area contributed by atoms with Gasteiger partial charge in [-0.3, -0.25) is 9.79 Å². The Labute approximate surface area is 78.9 Å². The lowest BCUT2D eigenvalue weighted by molar-refractivity contribution is -0.137. The number of carboxylic acid groups (broad SMARTS) is 1. The first-order valence-corrected chi connectivity index (χ1v) is 4.89. The molecule has 3 nitrogen and oxygen atoms in total. The minimum absolute atomic E-state index is 0.222. The maximum absolute atomic E-state index is 10.5. The third kappa shape index (κ3) is 2.83. The number of hydrogen-bond donors (Lipinski definition) is 1. The topological polar surface area (TPSA) is 49.7 Å². The van der Waals surface area contributed by atoms with Gasteiger partial charge in [-0.25, -0.2) is 0 Å². The Balaban J connectivity index is 2.48. The molecular weight excluding hydrogens is 166 g/mol. The highest BCUT2D eigenvalue weighted by atomic mass is 16.4. The number of nitrogens with zero attached hydrogens (tertiary/aromatic N) is 1. The van der Waals surface area contributed by atoms with Gasteiger partial charge < -0.3 is 5.11 Å². The molecule has 0 spiro atoms. The van der Waals surface area contributed by atoms with Crippen LogP contribution in [0.2, 0.25) is 0 Å². The van der Waals surface area contributed by atoms with Gasteiger partial charge in [0.25, 0.3) is 0 Å². The molecule has 1 rings (SSSR count). The van der Waals surface area contributed by atoms with Crippen molar-refractivity contribution in [3.05, 3.63) is 0 Å². The van der Waals surface area contributed by atoms with Crippen LogP contribution in [0.4, 0.5) is 0 Å². The highest BCUT2D eigenvalue weighted by Crippen LogP contribution is 2.36. The number of aliphatic imine (C=N–C) groups is 1. The molecule has 1 aliphatic rings. The summed E-state index contributed by atoms with van der Waals surface area (Å²) in [5.74, 6) is -0.685. The van der Waals surface area contributed by atoms with E-state index in [4.69, 9.17) is 5.11 Å². The molecule has 1 heterocycles. The van der Waals surface area contributed by atoms with E-state index >= 15 is 0 Å². The molecule has 0 fully saturated rings. The van der Waals surface area contributed by atoms with Gasteiger partial charge >= 0.3 is 5.97 Å². The van der Waals surface area contributed by atoms with Gasteiger partial charge in [-0.05, 0) is 30.9 Å². The fourth-order valence-corrected chi connectivity index (χ4v) is 1.85. The molecule has 1 N–H and O–H groups in total. The first-order valence-electron chi connectivity index (χ1n) is 4.89. The summed E-state index contributed by atoms with van der Waals surface area (Å²) in [5, 5.41) is 8.62. The van der Waals surface area contributed by atoms with Gasteiger partial charge in [0.15, 0.2) is 0 Å². The van der Waals surface area contributed by atoms with Crippen LogP contribution in [0.5, 0.6) is 0 Å². The molecule has 3 heteroatoms. The highest BCUT2D eigenvalue weighted by molar-refractivity contribution is 5.67. The SMILES string of the molecule is CCC1(CCC(=O)O)CC=NCC1. The van der Waals surface area contributed by atoms with Crippen LogP contribution in [0.25, 0.3) is 0 Å². The number of carboxylic acids is 1. The lowest BCUT2D eigenvalue weighted by Gasteiger charge is -2.32. The van der Waals surface area contributed by atoms with E-state index in [2.05, 4.69) is 11.9 Å². The Morgan fingerprint density at radius 3 is 2.92 bits per heavy atom. The molecule has 0 saturated carbocycles. The summed E-state index contributed by atoms with van der Waals surface area (Å²) in [7, 11) is 0. The summed E-state index contributed by atoms with van der Waals surface area (Å²) in [6.45, 7) is 3.01. The molecular formula is C10H17NO2. The number of hydrogen-bond acceptors (Lipinski definition) is 2. The molecule has 0 radical (unpaired) electrons. The average molecular weight is 183 g/mol. The number of rotatable bonds is 4. The van der Waals surface area contributed by atoms with Crippen LogP contribution < -0.4 is 0 Å². The normalized spacial score (nSPS) is 27.5. The van der Waals surface area contributed by atoms with Crippen LogP contribution in [0.15, 0.2) is 4.99 Å². The van der Waals surface area contributed by atoms with Crippen molar-refractivity contribution >= 4 is 12.2 Å². The average Bonchev–Trinajstić information content (AvgIpc) is 2.16. The van der Waals surface area contributed by atoms with Crippen molar-refractivity contribution in [2.75, 3.05) is 6.54 Å². The summed E-state index contributed by atoms with van der Waals surface area (Å²) < 4.78 is 0. The standard InChI is InChI=1S/C10H17NO2/c1-2-10(4-3-9(12)13)5-7-11-8-6-10/h7H,2-6,8H2,1H3,(H,12,13). The fraction of sp³-hybridized carbons (Fsp3) is 0.800. The van der Waals surface area contributed by atoms with Gasteiger partial charge in [0.1, 0.15) is 0 Å². The maximum Gasteiger partial charge on any atom is 0.303 e. The predicted molar refractivity (Wildman–Crippen MR) is 52.2 cm³/mol. The van der Waals surface area contributed by atoms with E-state index in [9.17, 15) is 4.79 Å². The largest absolute Gasteiger partial charge is 0.481 e. The Morgan fingerprint density at radius 2 is 2.46 bits per heavy atom. The molecule has 0 aromatic carbocycles. The van der Waals surface area contributed by atoms with E-state index < -0.39 is 5.97 Å². The second-order valence-corrected chi connectivity index (χ2v) is 3.79. The zero-order valence-electron chi connectivity index (χ0n) is 8.12. The Kier molecular flexibility index (Phi) is 3.46. The number of carbonyl (C=O) groups is 1. The Morgan fingerprint density at radius 1 is 1.69 bits per heavy atom. The molecule has 0 aliphatic carbocycles. The van der Waals surface area contributed by atoms with E-state index in [-0.39, 0.29) is 5.41 Å². The van der Waals surface area contributed by atoms with Crippen molar-refractivity contribution < 1.29 is 9.90 Å². The molecule has 0 saturated heterocycles. The van der Waals surface area contributed by atoms with Crippen molar-refractivity contribution in [3.63, 3.8) is 0 Å². The van der Waals surface area contributed by atoms with Crippen LogP contribution in [0, 0.1) is 5.41 Å². The third-order valence-electron chi connectivity index (χ3n) is 3.04. The van der Waals surface area contributed by atoms with Gasteiger partial charge in [0.2, 0.25) is 0 Å². The van der Waals surface area contributed by atoms with Crippen molar-refractivity contribution in [2.45, 2.75) is 39.0 Å². The molecule has 1 unspecified atom stereocenters. The van der Waals surface area contributed by atoms with E-state index in [1.54, 1.807) is 0 Å². The van der Waals surface area contributed by atoms with E-state index in [1.807, 2.05) is 6.21 Å². The molecule has 0 amide bonds. The van der Waals surface area contributed by atoms with E-state index in [0.717, 1.165) is 32.2 Å². The zero-order chi connectivity index (χ0) is 9.73. The smallest absolute Gasteiger partial charge is 0.303 e. The van der Waals surface area contributed by atoms with Gasteiger partial charge in [-0.2, -0.15) is 0 Å². The molecule has 0 bridgehead atoms. The maximum atomic E-state index is 10.5. The number of aliphatic carboxylic acids is 1. The monoisotopic (exact) mass is 183 g/mol. The van der Waals surface area contributed by atoms with Crippen molar-refractivity contribution in [2.24, 2.45) is 10.4 Å². The van der Waals surface area contributed by atoms with Gasteiger partial charge in [0.05, 0.1) is 0 Å².